The Hall–Kier alpha value is -3.71. The van der Waals surface area contributed by atoms with Crippen molar-refractivity contribution in [2.45, 2.75) is 69.7 Å². The predicted molar refractivity (Wildman–Crippen MR) is 181 cm³/mol. The number of aliphatic hydroxyl groups is 1. The third-order valence-electron chi connectivity index (χ3n) is 8.37. The van der Waals surface area contributed by atoms with Gasteiger partial charge in [-0.2, -0.15) is 0 Å². The number of nitrogens with zero attached hydrogens (tertiary/aromatic N) is 3. The number of benzene rings is 2. The molecule has 12 heteroatoms. The summed E-state index contributed by atoms with van der Waals surface area (Å²) in [7, 11) is -0.408. The second kappa shape index (κ2) is 16.9. The molecule has 1 aliphatic heterocycles. The lowest BCUT2D eigenvalue weighted by molar-refractivity contribution is -0.0177. The highest BCUT2D eigenvalue weighted by atomic mass is 32.2. The highest BCUT2D eigenvalue weighted by molar-refractivity contribution is 7.92. The summed E-state index contributed by atoms with van der Waals surface area (Å²) in [5, 5.41) is 10.2. The number of likely N-dealkylation sites (N-methyl/N-ethyl adjacent to an activating group) is 1. The first-order valence-electron chi connectivity index (χ1n) is 16.1. The van der Waals surface area contributed by atoms with Gasteiger partial charge in [0.15, 0.2) is 0 Å². The van der Waals surface area contributed by atoms with Crippen molar-refractivity contribution in [2.75, 3.05) is 45.2 Å². The first-order chi connectivity index (χ1) is 22.5. The lowest BCUT2D eigenvalue weighted by atomic mass is 10.0. The Labute approximate surface area is 278 Å². The number of hydrogen-bond donors (Lipinski definition) is 2. The Balaban J connectivity index is 1.64. The van der Waals surface area contributed by atoms with Gasteiger partial charge in [-0.25, -0.2) is 8.42 Å². The summed E-state index contributed by atoms with van der Waals surface area (Å²) in [6.07, 6.45) is 5.68. The van der Waals surface area contributed by atoms with Crippen LogP contribution in [0, 0.1) is 5.92 Å². The molecule has 0 radical (unpaired) electrons. The van der Waals surface area contributed by atoms with Gasteiger partial charge in [-0.1, -0.05) is 6.92 Å². The van der Waals surface area contributed by atoms with Crippen molar-refractivity contribution < 1.29 is 32.5 Å². The molecule has 0 unspecified atom stereocenters. The molecule has 1 aromatic heterocycles. The van der Waals surface area contributed by atoms with Crippen LogP contribution in [0.3, 0.4) is 0 Å². The summed E-state index contributed by atoms with van der Waals surface area (Å²) < 4.78 is 47.0. The van der Waals surface area contributed by atoms with Crippen LogP contribution < -0.4 is 14.2 Å². The number of amides is 1. The van der Waals surface area contributed by atoms with Gasteiger partial charge in [0.25, 0.3) is 15.9 Å². The van der Waals surface area contributed by atoms with E-state index in [1.54, 1.807) is 48.5 Å². The van der Waals surface area contributed by atoms with Crippen LogP contribution in [0.4, 0.5) is 5.69 Å². The van der Waals surface area contributed by atoms with Gasteiger partial charge in [0.1, 0.15) is 11.5 Å². The molecule has 4 atom stereocenters. The number of pyridine rings is 1. The average Bonchev–Trinajstić information content (AvgIpc) is 3.06. The Morgan fingerprint density at radius 3 is 2.51 bits per heavy atom. The molecular weight excluding hydrogens is 620 g/mol. The van der Waals surface area contributed by atoms with Crippen LogP contribution >= 0.6 is 0 Å². The number of carbonyl (C=O) groups excluding carboxylic acids is 1. The van der Waals surface area contributed by atoms with Crippen molar-refractivity contribution in [3.8, 4) is 11.5 Å². The molecule has 0 saturated heterocycles. The van der Waals surface area contributed by atoms with Gasteiger partial charge in [0.2, 0.25) is 0 Å². The first kappa shape index (κ1) is 36.1. The van der Waals surface area contributed by atoms with E-state index in [1.165, 1.54) is 25.3 Å². The van der Waals surface area contributed by atoms with E-state index in [0.717, 1.165) is 31.4 Å². The zero-order valence-electron chi connectivity index (χ0n) is 28.0. The third-order valence-corrected chi connectivity index (χ3v) is 9.76. The van der Waals surface area contributed by atoms with Crippen molar-refractivity contribution in [3.05, 3.63) is 78.1 Å². The smallest absolute Gasteiger partial charge is 0.261 e. The number of rotatable bonds is 10. The van der Waals surface area contributed by atoms with Crippen LogP contribution in [0.15, 0.2) is 71.9 Å². The van der Waals surface area contributed by atoms with Crippen LogP contribution in [0.25, 0.3) is 0 Å². The number of aromatic nitrogens is 1. The molecule has 47 heavy (non-hydrogen) atoms. The van der Waals surface area contributed by atoms with Gasteiger partial charge in [0.05, 0.1) is 42.4 Å². The van der Waals surface area contributed by atoms with E-state index >= 15 is 0 Å². The molecule has 11 nitrogen and oxygen atoms in total. The Bertz CT molecular complexity index is 1540. The summed E-state index contributed by atoms with van der Waals surface area (Å²) in [5.74, 6) is 0.440. The zero-order valence-corrected chi connectivity index (χ0v) is 28.8. The zero-order chi connectivity index (χ0) is 34.0. The maximum atomic E-state index is 14.4. The van der Waals surface area contributed by atoms with Gasteiger partial charge in [-0.05, 0) is 100 Å². The highest BCUT2D eigenvalue weighted by Gasteiger charge is 2.30. The van der Waals surface area contributed by atoms with E-state index in [1.807, 2.05) is 26.1 Å². The fourth-order valence-corrected chi connectivity index (χ4v) is 6.64. The second-order valence-electron chi connectivity index (χ2n) is 12.3. The summed E-state index contributed by atoms with van der Waals surface area (Å²) in [4.78, 5) is 22.4. The number of carbonyl (C=O) groups is 1. The molecule has 2 aromatic carbocycles. The van der Waals surface area contributed by atoms with Crippen molar-refractivity contribution in [3.63, 3.8) is 0 Å². The van der Waals surface area contributed by atoms with Gasteiger partial charge in [-0.15, -0.1) is 0 Å². The van der Waals surface area contributed by atoms with E-state index in [4.69, 9.17) is 14.2 Å². The van der Waals surface area contributed by atoms with E-state index < -0.39 is 16.1 Å². The monoisotopic (exact) mass is 668 g/mol. The molecule has 1 aliphatic rings. The molecule has 256 valence electrons. The van der Waals surface area contributed by atoms with Crippen molar-refractivity contribution in [2.24, 2.45) is 5.92 Å². The quantitative estimate of drug-likeness (QED) is 0.312. The Morgan fingerprint density at radius 1 is 1.11 bits per heavy atom. The van der Waals surface area contributed by atoms with E-state index in [2.05, 4.69) is 21.5 Å². The van der Waals surface area contributed by atoms with Crippen LogP contribution in [0.1, 0.15) is 56.0 Å². The van der Waals surface area contributed by atoms with E-state index in [9.17, 15) is 18.3 Å². The van der Waals surface area contributed by atoms with Gasteiger partial charge < -0.3 is 24.2 Å². The number of ether oxygens (including phenoxy) is 3. The number of anilines is 1. The Kier molecular flexibility index (Phi) is 13.0. The van der Waals surface area contributed by atoms with Crippen LogP contribution in [-0.2, 0) is 21.3 Å². The van der Waals surface area contributed by atoms with Gasteiger partial charge in [0, 0.05) is 50.2 Å². The van der Waals surface area contributed by atoms with Crippen LogP contribution in [-0.4, -0.2) is 92.9 Å². The molecular formula is C35H48N4O7S. The topological polar surface area (TPSA) is 131 Å². The molecule has 1 amide bonds. The maximum absolute atomic E-state index is 14.4. The minimum atomic E-state index is -3.96. The fraction of sp³-hybridized carbons (Fsp3) is 0.486. The second-order valence-corrected chi connectivity index (χ2v) is 14.0. The molecule has 0 aliphatic carbocycles. The summed E-state index contributed by atoms with van der Waals surface area (Å²) in [6, 6.07) is 14.2. The number of fused-ring (bicyclic) bond motifs is 1. The number of sulfonamides is 1. The summed E-state index contributed by atoms with van der Waals surface area (Å²) in [5.41, 5.74) is 1.57. The largest absolute Gasteiger partial charge is 0.497 e. The van der Waals surface area contributed by atoms with E-state index in [-0.39, 0.29) is 46.8 Å². The first-order valence-corrected chi connectivity index (χ1v) is 17.6. The maximum Gasteiger partial charge on any atom is 0.261 e. The summed E-state index contributed by atoms with van der Waals surface area (Å²) >= 11 is 0. The van der Waals surface area contributed by atoms with Crippen molar-refractivity contribution in [1.29, 1.82) is 0 Å². The number of nitrogens with one attached hydrogen (secondary N) is 1. The number of methoxy groups -OCH3 is 1. The normalized spacial score (nSPS) is 20.5. The minimum absolute atomic E-state index is 0.0545. The molecule has 0 spiro atoms. The molecule has 0 fully saturated rings. The van der Waals surface area contributed by atoms with Gasteiger partial charge >= 0.3 is 0 Å². The average molecular weight is 669 g/mol. The molecule has 2 heterocycles. The minimum Gasteiger partial charge on any atom is -0.497 e. The molecule has 2 N–H and O–H groups in total. The molecule has 4 rings (SSSR count). The van der Waals surface area contributed by atoms with Crippen LogP contribution in [0.2, 0.25) is 0 Å². The third kappa shape index (κ3) is 10.1. The lowest BCUT2D eigenvalue weighted by Crippen LogP contribution is -2.47. The molecule has 0 saturated carbocycles. The van der Waals surface area contributed by atoms with Gasteiger partial charge in [-0.3, -0.25) is 19.4 Å². The SMILES string of the molecule is COc1ccc(S(=O)(=O)Nc2ccc3c(c2)C(=O)N([C@@H](C)CO)C[C@@H](C)[C@H](CN(C)Cc2ccncc2)OCCCC[C@H](C)O3)cc1. The predicted octanol–water partition coefficient (Wildman–Crippen LogP) is 4.82. The molecule has 3 aromatic rings. The van der Waals surface area contributed by atoms with Crippen LogP contribution in [0.5, 0.6) is 11.5 Å². The summed E-state index contributed by atoms with van der Waals surface area (Å²) in [6.45, 7) is 7.82. The standard InChI is InChI=1S/C35H48N4O7S/c1-25-21-39(26(2)24-40)35(41)32-20-29(37-47(42,43)31-12-10-30(44-5)11-13-31)9-14-33(32)46-27(3)8-6-7-19-45-34(25)23-38(4)22-28-15-17-36-18-16-28/h9-18,20,25-27,34,37,40H,6-8,19,21-24H2,1-5H3/t25-,26+,27+,34+/m1/s1. The Morgan fingerprint density at radius 2 is 1.83 bits per heavy atom. The van der Waals surface area contributed by atoms with E-state index in [0.29, 0.717) is 31.2 Å². The molecule has 0 bridgehead atoms. The van der Waals surface area contributed by atoms with Crippen molar-refractivity contribution >= 4 is 21.6 Å². The number of hydrogen-bond acceptors (Lipinski definition) is 9. The highest BCUT2D eigenvalue weighted by Crippen LogP contribution is 2.30. The van der Waals surface area contributed by atoms with Crippen molar-refractivity contribution in [1.82, 2.24) is 14.8 Å². The lowest BCUT2D eigenvalue weighted by Gasteiger charge is -2.36. The fourth-order valence-electron chi connectivity index (χ4n) is 5.59. The number of aliphatic hydroxyl groups excluding tert-OH is 1.